The molecule has 0 radical (unpaired) electrons. The number of pyridine rings is 1. The lowest BCUT2D eigenvalue weighted by atomic mass is 9.74. The fourth-order valence-electron chi connectivity index (χ4n) is 5.76. The van der Waals surface area contributed by atoms with Gasteiger partial charge in [-0.2, -0.15) is 0 Å². The van der Waals surface area contributed by atoms with E-state index >= 15 is 0 Å². The van der Waals surface area contributed by atoms with E-state index in [4.69, 9.17) is 9.72 Å². The first-order valence-electron chi connectivity index (χ1n) is 14.0. The van der Waals surface area contributed by atoms with Gasteiger partial charge in [0, 0.05) is 53.3 Å². The maximum Gasteiger partial charge on any atom is 0.213 e. The highest BCUT2D eigenvalue weighted by Crippen LogP contribution is 2.45. The summed E-state index contributed by atoms with van der Waals surface area (Å²) in [5.74, 6) is 0.614. The molecule has 1 aromatic carbocycles. The van der Waals surface area contributed by atoms with Crippen molar-refractivity contribution in [3.8, 4) is 5.88 Å². The molecule has 0 fully saturated rings. The number of carbonyl (C=O) groups excluding carboxylic acids is 1. The first kappa shape index (κ1) is 28.0. The molecule has 0 saturated carbocycles. The third-order valence-electron chi connectivity index (χ3n) is 8.03. The molecule has 3 aromatic rings. The normalized spacial score (nSPS) is 14.3. The first-order valence-corrected chi connectivity index (χ1v) is 14.0. The van der Waals surface area contributed by atoms with Gasteiger partial charge in [-0.15, -0.1) is 0 Å². The van der Waals surface area contributed by atoms with E-state index in [1.165, 1.54) is 0 Å². The lowest BCUT2D eigenvalue weighted by molar-refractivity contribution is 0.103. The highest BCUT2D eigenvalue weighted by atomic mass is 16.5. The number of benzene rings is 1. The van der Waals surface area contributed by atoms with Crippen molar-refractivity contribution >= 4 is 23.4 Å². The molecule has 204 valence electrons. The van der Waals surface area contributed by atoms with Gasteiger partial charge in [-0.25, -0.2) is 4.98 Å². The van der Waals surface area contributed by atoms with Crippen LogP contribution < -0.4 is 4.74 Å². The van der Waals surface area contributed by atoms with Crippen LogP contribution in [0.1, 0.15) is 74.4 Å². The maximum atomic E-state index is 14.0. The average molecular weight is 518 g/mol. The molecule has 0 bridgehead atoms. The zero-order valence-corrected chi connectivity index (χ0v) is 24.0. The second-order valence-corrected chi connectivity index (χ2v) is 10.5. The summed E-state index contributed by atoms with van der Waals surface area (Å²) in [7, 11) is 0. The van der Waals surface area contributed by atoms with Gasteiger partial charge in [-0.05, 0) is 64.4 Å². The molecule has 7 nitrogen and oxygen atoms in total. The standard InChI is InChI=1S/C31H43N5O2/c1-8-34(9-2)16-17-36-25-20-22(21-32-7)12-13-23(25)27-28(37)24-14-15-26(38-19-18-35(10-3)11-4)33-29(24)31(5,6)30(27)36/h12-15,20H,7-11,16-19,21H2,1-6H3. The summed E-state index contributed by atoms with van der Waals surface area (Å²) in [6, 6.07) is 10.1. The van der Waals surface area contributed by atoms with Crippen LogP contribution in [0.25, 0.3) is 10.9 Å². The zero-order chi connectivity index (χ0) is 27.4. The Labute approximate surface area is 227 Å². The van der Waals surface area contributed by atoms with Gasteiger partial charge >= 0.3 is 0 Å². The number of ketones is 1. The summed E-state index contributed by atoms with van der Waals surface area (Å²) in [5.41, 5.74) is 4.98. The number of ether oxygens (including phenoxy) is 1. The number of likely N-dealkylation sites (N-methyl/N-ethyl adjacent to an activating group) is 2. The first-order chi connectivity index (χ1) is 18.3. The van der Waals surface area contributed by atoms with Crippen LogP contribution in [0.15, 0.2) is 35.3 Å². The number of nitrogens with zero attached hydrogens (tertiary/aromatic N) is 5. The van der Waals surface area contributed by atoms with Gasteiger partial charge in [0.1, 0.15) is 6.61 Å². The van der Waals surface area contributed by atoms with E-state index < -0.39 is 5.41 Å². The number of hydrogen-bond donors (Lipinski definition) is 0. The summed E-state index contributed by atoms with van der Waals surface area (Å²) < 4.78 is 8.42. The van der Waals surface area contributed by atoms with Crippen LogP contribution in [0.4, 0.5) is 0 Å². The van der Waals surface area contributed by atoms with Crippen molar-refractivity contribution in [2.24, 2.45) is 4.99 Å². The van der Waals surface area contributed by atoms with E-state index in [2.05, 4.69) is 85.8 Å². The van der Waals surface area contributed by atoms with E-state index in [1.54, 1.807) is 0 Å². The molecule has 0 spiro atoms. The number of aromatic nitrogens is 2. The number of hydrogen-bond acceptors (Lipinski definition) is 6. The molecule has 7 heteroatoms. The summed E-state index contributed by atoms with van der Waals surface area (Å²) in [4.78, 5) is 27.8. The topological polar surface area (TPSA) is 63.0 Å². The molecule has 0 atom stereocenters. The van der Waals surface area contributed by atoms with E-state index in [0.717, 1.165) is 79.2 Å². The molecule has 38 heavy (non-hydrogen) atoms. The summed E-state index contributed by atoms with van der Waals surface area (Å²) in [6.07, 6.45) is 0. The highest BCUT2D eigenvalue weighted by Gasteiger charge is 2.43. The molecule has 0 N–H and O–H groups in total. The van der Waals surface area contributed by atoms with Gasteiger partial charge in [0.2, 0.25) is 5.88 Å². The minimum atomic E-state index is -0.476. The zero-order valence-electron chi connectivity index (χ0n) is 24.0. The maximum absolute atomic E-state index is 14.0. The Morgan fingerprint density at radius 3 is 2.34 bits per heavy atom. The Hall–Kier alpha value is -3.03. The Morgan fingerprint density at radius 2 is 1.68 bits per heavy atom. The molecule has 1 aliphatic rings. The van der Waals surface area contributed by atoms with Crippen molar-refractivity contribution in [2.75, 3.05) is 45.9 Å². The molecule has 4 rings (SSSR count). The summed E-state index contributed by atoms with van der Waals surface area (Å²) in [5, 5.41) is 0.996. The Morgan fingerprint density at radius 1 is 1.00 bits per heavy atom. The second kappa shape index (κ2) is 11.8. The molecule has 1 aliphatic carbocycles. The summed E-state index contributed by atoms with van der Waals surface area (Å²) >= 11 is 0. The SMILES string of the molecule is C=NCc1ccc2c3c(n(CCN(CC)CC)c2c1)C(C)(C)c1nc(OCCN(CC)CC)ccc1C3=O. The Balaban J connectivity index is 1.80. The molecule has 2 heterocycles. The molecule has 0 aliphatic heterocycles. The number of fused-ring (bicyclic) bond motifs is 4. The van der Waals surface area contributed by atoms with Crippen molar-refractivity contribution in [1.29, 1.82) is 0 Å². The van der Waals surface area contributed by atoms with Gasteiger partial charge in [-0.3, -0.25) is 9.79 Å². The monoisotopic (exact) mass is 517 g/mol. The smallest absolute Gasteiger partial charge is 0.213 e. The van der Waals surface area contributed by atoms with Crippen LogP contribution in [0.2, 0.25) is 0 Å². The minimum Gasteiger partial charge on any atom is -0.476 e. The van der Waals surface area contributed by atoms with Crippen molar-refractivity contribution in [3.05, 3.63) is 58.4 Å². The number of rotatable bonds is 13. The van der Waals surface area contributed by atoms with Gasteiger partial charge in [0.05, 0.1) is 17.8 Å². The van der Waals surface area contributed by atoms with E-state index in [0.29, 0.717) is 24.6 Å². The molecule has 0 amide bonds. The predicted molar refractivity (Wildman–Crippen MR) is 156 cm³/mol. The highest BCUT2D eigenvalue weighted by molar-refractivity contribution is 6.20. The predicted octanol–water partition coefficient (Wildman–Crippen LogP) is 5.17. The van der Waals surface area contributed by atoms with Crippen LogP contribution >= 0.6 is 0 Å². The molecule has 2 aromatic heterocycles. The lowest BCUT2D eigenvalue weighted by Crippen LogP contribution is -2.35. The van der Waals surface area contributed by atoms with Gasteiger partial charge < -0.3 is 19.1 Å². The molecule has 0 unspecified atom stereocenters. The summed E-state index contributed by atoms with van der Waals surface area (Å²) in [6.45, 7) is 24.4. The van der Waals surface area contributed by atoms with Gasteiger partial charge in [0.25, 0.3) is 0 Å². The quantitative estimate of drug-likeness (QED) is 0.293. The molecular formula is C31H43N5O2. The van der Waals surface area contributed by atoms with Crippen LogP contribution in [0.5, 0.6) is 5.88 Å². The van der Waals surface area contributed by atoms with Crippen LogP contribution in [-0.2, 0) is 18.5 Å². The van der Waals surface area contributed by atoms with Gasteiger partial charge in [0.15, 0.2) is 5.78 Å². The Bertz CT molecular complexity index is 1300. The lowest BCUT2D eigenvalue weighted by Gasteiger charge is -2.33. The van der Waals surface area contributed by atoms with Crippen molar-refractivity contribution < 1.29 is 9.53 Å². The van der Waals surface area contributed by atoms with Crippen LogP contribution in [0.3, 0.4) is 0 Å². The fourth-order valence-corrected chi connectivity index (χ4v) is 5.76. The molecule has 0 saturated heterocycles. The third-order valence-corrected chi connectivity index (χ3v) is 8.03. The van der Waals surface area contributed by atoms with Crippen molar-refractivity contribution in [3.63, 3.8) is 0 Å². The fraction of sp³-hybridized carbons (Fsp3) is 0.516. The molecular weight excluding hydrogens is 474 g/mol. The van der Waals surface area contributed by atoms with Crippen LogP contribution in [0, 0.1) is 0 Å². The second-order valence-electron chi connectivity index (χ2n) is 10.5. The number of aliphatic imine (C=N–C) groups is 1. The third kappa shape index (κ3) is 5.14. The number of carbonyl (C=O) groups is 1. The van der Waals surface area contributed by atoms with Crippen molar-refractivity contribution in [2.45, 2.75) is 60.0 Å². The van der Waals surface area contributed by atoms with Crippen LogP contribution in [-0.4, -0.2) is 77.7 Å². The van der Waals surface area contributed by atoms with E-state index in [9.17, 15) is 4.79 Å². The van der Waals surface area contributed by atoms with Crippen molar-refractivity contribution in [1.82, 2.24) is 19.4 Å². The van der Waals surface area contributed by atoms with E-state index in [1.807, 2.05) is 12.1 Å². The largest absolute Gasteiger partial charge is 0.476 e. The van der Waals surface area contributed by atoms with E-state index in [-0.39, 0.29) is 5.78 Å². The Kier molecular flexibility index (Phi) is 8.68. The van der Waals surface area contributed by atoms with Gasteiger partial charge in [-0.1, -0.05) is 39.8 Å². The average Bonchev–Trinajstić information content (AvgIpc) is 3.25. The minimum absolute atomic E-state index is 0.0395.